The van der Waals surface area contributed by atoms with Crippen molar-refractivity contribution in [3.8, 4) is 0 Å². The lowest BCUT2D eigenvalue weighted by atomic mass is 9.85. The van der Waals surface area contributed by atoms with Gasteiger partial charge >= 0.3 is 0 Å². The Morgan fingerprint density at radius 3 is 2.63 bits per heavy atom. The summed E-state index contributed by atoms with van der Waals surface area (Å²) in [5.74, 6) is -0.993. The molecule has 0 unspecified atom stereocenters. The molecular formula is C13H14ClFN2OS. The van der Waals surface area contributed by atoms with Gasteiger partial charge in [0.15, 0.2) is 5.82 Å². The molecule has 0 heterocycles. The highest BCUT2D eigenvalue weighted by molar-refractivity contribution is 7.80. The Balaban J connectivity index is 2.25. The molecule has 102 valence electrons. The number of carbonyl (C=O) groups excluding carboxylic acids is 1. The molecule has 1 aromatic carbocycles. The van der Waals surface area contributed by atoms with Crippen LogP contribution in [-0.4, -0.2) is 10.9 Å². The number of benzene rings is 1. The summed E-state index contributed by atoms with van der Waals surface area (Å²) >= 11 is 10.7. The molecule has 0 aliphatic heterocycles. The summed E-state index contributed by atoms with van der Waals surface area (Å²) in [4.78, 5) is 12.5. The van der Waals surface area contributed by atoms with Crippen molar-refractivity contribution in [2.75, 3.05) is 5.32 Å². The standard InChI is InChI=1S/C13H14ClFN2OS/c14-8-4-3-5-9(10(8)15)17-12(18)13(11(16)19)6-1-2-7-13/h3-5H,1-2,6-7H2,(H2,16,19)(H,17,18). The van der Waals surface area contributed by atoms with E-state index in [0.29, 0.717) is 12.8 Å². The molecule has 2 rings (SSSR count). The lowest BCUT2D eigenvalue weighted by molar-refractivity contribution is -0.122. The van der Waals surface area contributed by atoms with Gasteiger partial charge in [-0.2, -0.15) is 0 Å². The maximum atomic E-state index is 13.8. The molecule has 6 heteroatoms. The highest BCUT2D eigenvalue weighted by Crippen LogP contribution is 2.39. The fourth-order valence-corrected chi connectivity index (χ4v) is 2.88. The maximum absolute atomic E-state index is 13.8. The van der Waals surface area contributed by atoms with Gasteiger partial charge in [0.05, 0.1) is 21.1 Å². The van der Waals surface area contributed by atoms with Gasteiger partial charge in [-0.3, -0.25) is 4.79 Å². The number of hydrogen-bond donors (Lipinski definition) is 2. The molecule has 19 heavy (non-hydrogen) atoms. The number of amides is 1. The van der Waals surface area contributed by atoms with E-state index in [-0.39, 0.29) is 21.6 Å². The summed E-state index contributed by atoms with van der Waals surface area (Å²) in [6.45, 7) is 0. The van der Waals surface area contributed by atoms with Crippen LogP contribution in [0.2, 0.25) is 5.02 Å². The lowest BCUT2D eigenvalue weighted by Gasteiger charge is -2.26. The quantitative estimate of drug-likeness (QED) is 0.842. The molecule has 0 radical (unpaired) electrons. The molecule has 3 N–H and O–H groups in total. The van der Waals surface area contributed by atoms with E-state index in [1.165, 1.54) is 12.1 Å². The Bertz CT molecular complexity index is 529. The van der Waals surface area contributed by atoms with Crippen LogP contribution in [-0.2, 0) is 4.79 Å². The molecule has 0 atom stereocenters. The molecule has 1 aliphatic carbocycles. The third-order valence-corrected chi connectivity index (χ3v) is 4.25. The smallest absolute Gasteiger partial charge is 0.237 e. The van der Waals surface area contributed by atoms with Gasteiger partial charge in [0.25, 0.3) is 0 Å². The summed E-state index contributed by atoms with van der Waals surface area (Å²) in [5.41, 5.74) is 4.90. The van der Waals surface area contributed by atoms with Crippen LogP contribution >= 0.6 is 23.8 Å². The molecule has 1 saturated carbocycles. The van der Waals surface area contributed by atoms with E-state index in [2.05, 4.69) is 5.32 Å². The third-order valence-electron chi connectivity index (χ3n) is 3.56. The van der Waals surface area contributed by atoms with Crippen molar-refractivity contribution in [1.82, 2.24) is 0 Å². The van der Waals surface area contributed by atoms with E-state index >= 15 is 0 Å². The first kappa shape index (κ1) is 14.2. The normalized spacial score (nSPS) is 17.2. The number of thiocarbonyl (C=S) groups is 1. The number of nitrogens with two attached hydrogens (primary N) is 1. The van der Waals surface area contributed by atoms with Crippen LogP contribution in [0.3, 0.4) is 0 Å². The highest BCUT2D eigenvalue weighted by atomic mass is 35.5. The molecule has 0 bridgehead atoms. The maximum Gasteiger partial charge on any atom is 0.237 e. The number of nitrogens with one attached hydrogen (secondary N) is 1. The minimum atomic E-state index is -0.857. The SMILES string of the molecule is NC(=S)C1(C(=O)Nc2cccc(Cl)c2F)CCCC1. The summed E-state index contributed by atoms with van der Waals surface area (Å²) < 4.78 is 13.8. The summed E-state index contributed by atoms with van der Waals surface area (Å²) in [6, 6.07) is 4.45. The molecule has 0 aromatic heterocycles. The topological polar surface area (TPSA) is 55.1 Å². The van der Waals surface area contributed by atoms with Gasteiger partial charge in [0, 0.05) is 0 Å². The Hall–Kier alpha value is -1.20. The monoisotopic (exact) mass is 300 g/mol. The van der Waals surface area contributed by atoms with Gasteiger partial charge in [0.1, 0.15) is 0 Å². The number of hydrogen-bond acceptors (Lipinski definition) is 2. The first-order chi connectivity index (χ1) is 8.97. The van der Waals surface area contributed by atoms with Crippen LogP contribution in [0.25, 0.3) is 0 Å². The zero-order valence-electron chi connectivity index (χ0n) is 10.2. The van der Waals surface area contributed by atoms with Gasteiger partial charge in [0.2, 0.25) is 5.91 Å². The fourth-order valence-electron chi connectivity index (χ4n) is 2.41. The fraction of sp³-hybridized carbons (Fsp3) is 0.385. The summed E-state index contributed by atoms with van der Waals surface area (Å²) in [7, 11) is 0. The average Bonchev–Trinajstić information content (AvgIpc) is 2.85. The van der Waals surface area contributed by atoms with Gasteiger partial charge in [-0.25, -0.2) is 4.39 Å². The number of halogens is 2. The van der Waals surface area contributed by atoms with E-state index in [1.807, 2.05) is 0 Å². The highest BCUT2D eigenvalue weighted by Gasteiger charge is 2.44. The molecular weight excluding hydrogens is 287 g/mol. The van der Waals surface area contributed by atoms with E-state index in [9.17, 15) is 9.18 Å². The van der Waals surface area contributed by atoms with Crippen molar-refractivity contribution in [2.24, 2.45) is 11.1 Å². The average molecular weight is 301 g/mol. The van der Waals surface area contributed by atoms with Crippen LogP contribution in [0, 0.1) is 11.2 Å². The van der Waals surface area contributed by atoms with Crippen molar-refractivity contribution in [1.29, 1.82) is 0 Å². The molecule has 0 spiro atoms. The Labute approximate surface area is 121 Å². The summed E-state index contributed by atoms with van der Waals surface area (Å²) in [5, 5.41) is 2.52. The predicted molar refractivity (Wildman–Crippen MR) is 77.7 cm³/mol. The number of anilines is 1. The molecule has 0 saturated heterocycles. The van der Waals surface area contributed by atoms with Crippen molar-refractivity contribution in [3.63, 3.8) is 0 Å². The Kier molecular flexibility index (Phi) is 4.06. The predicted octanol–water partition coefficient (Wildman–Crippen LogP) is 3.26. The molecule has 3 nitrogen and oxygen atoms in total. The molecule has 1 fully saturated rings. The van der Waals surface area contributed by atoms with Crippen molar-refractivity contribution in [2.45, 2.75) is 25.7 Å². The Morgan fingerprint density at radius 1 is 1.42 bits per heavy atom. The van der Waals surface area contributed by atoms with Crippen LogP contribution in [0.4, 0.5) is 10.1 Å². The first-order valence-corrected chi connectivity index (χ1v) is 6.81. The molecule has 1 aliphatic rings. The van der Waals surface area contributed by atoms with E-state index in [1.54, 1.807) is 6.07 Å². The number of rotatable bonds is 3. The zero-order valence-corrected chi connectivity index (χ0v) is 11.8. The third kappa shape index (κ3) is 2.58. The second-order valence-electron chi connectivity index (χ2n) is 4.71. The second-order valence-corrected chi connectivity index (χ2v) is 5.56. The van der Waals surface area contributed by atoms with E-state index < -0.39 is 11.2 Å². The van der Waals surface area contributed by atoms with E-state index in [4.69, 9.17) is 29.6 Å². The largest absolute Gasteiger partial charge is 0.392 e. The van der Waals surface area contributed by atoms with Crippen LogP contribution in [0.1, 0.15) is 25.7 Å². The Morgan fingerprint density at radius 2 is 2.05 bits per heavy atom. The van der Waals surface area contributed by atoms with Gasteiger partial charge in [-0.15, -0.1) is 0 Å². The van der Waals surface area contributed by atoms with Crippen molar-refractivity contribution >= 4 is 40.4 Å². The van der Waals surface area contributed by atoms with Crippen LogP contribution < -0.4 is 11.1 Å². The van der Waals surface area contributed by atoms with Gasteiger partial charge in [-0.05, 0) is 25.0 Å². The minimum absolute atomic E-state index is 0.0337. The van der Waals surface area contributed by atoms with Crippen LogP contribution in [0.5, 0.6) is 0 Å². The van der Waals surface area contributed by atoms with Crippen molar-refractivity contribution < 1.29 is 9.18 Å². The molecule has 1 aromatic rings. The summed E-state index contributed by atoms with van der Waals surface area (Å²) in [6.07, 6.45) is 3.00. The number of carbonyl (C=O) groups is 1. The van der Waals surface area contributed by atoms with Crippen LogP contribution in [0.15, 0.2) is 18.2 Å². The first-order valence-electron chi connectivity index (χ1n) is 6.03. The zero-order chi connectivity index (χ0) is 14.0. The second kappa shape index (κ2) is 5.43. The van der Waals surface area contributed by atoms with Crippen molar-refractivity contribution in [3.05, 3.63) is 29.0 Å². The molecule has 1 amide bonds. The van der Waals surface area contributed by atoms with Gasteiger partial charge in [-0.1, -0.05) is 42.7 Å². The van der Waals surface area contributed by atoms with E-state index in [0.717, 1.165) is 12.8 Å². The minimum Gasteiger partial charge on any atom is -0.392 e. The lowest BCUT2D eigenvalue weighted by Crippen LogP contribution is -2.44. The van der Waals surface area contributed by atoms with Gasteiger partial charge < -0.3 is 11.1 Å².